The average Bonchev–Trinajstić information content (AvgIpc) is 2.94. The minimum Gasteiger partial charge on any atom is -0.456 e. The van der Waals surface area contributed by atoms with Crippen LogP contribution in [0.3, 0.4) is 0 Å². The number of nitrogens with one attached hydrogen (secondary N) is 1. The van der Waals surface area contributed by atoms with E-state index in [0.717, 1.165) is 44.5 Å². The zero-order valence-corrected chi connectivity index (χ0v) is 11.3. The molecule has 2 fully saturated rings. The minimum absolute atomic E-state index is 0.199. The summed E-state index contributed by atoms with van der Waals surface area (Å²) in [5.41, 5.74) is 0.538. The van der Waals surface area contributed by atoms with Gasteiger partial charge < -0.3 is 15.0 Å². The van der Waals surface area contributed by atoms with Crippen molar-refractivity contribution < 1.29 is 14.3 Å². The van der Waals surface area contributed by atoms with Crippen LogP contribution in [0.2, 0.25) is 0 Å². The summed E-state index contributed by atoms with van der Waals surface area (Å²) in [6.45, 7) is 4.16. The summed E-state index contributed by atoms with van der Waals surface area (Å²) >= 11 is 0. The summed E-state index contributed by atoms with van der Waals surface area (Å²) in [6, 6.07) is 0.214. The summed E-state index contributed by atoms with van der Waals surface area (Å²) in [4.78, 5) is 25.9. The van der Waals surface area contributed by atoms with Crippen LogP contribution in [0.25, 0.3) is 0 Å². The Balaban J connectivity index is 1.89. The summed E-state index contributed by atoms with van der Waals surface area (Å²) in [6.07, 6.45) is 5.12. The fourth-order valence-electron chi connectivity index (χ4n) is 3.57. The second kappa shape index (κ2) is 4.63. The molecule has 0 saturated carbocycles. The molecule has 19 heavy (non-hydrogen) atoms. The van der Waals surface area contributed by atoms with Crippen LogP contribution in [0.1, 0.15) is 32.6 Å². The number of ether oxygens (including phenoxy) is 1. The van der Waals surface area contributed by atoms with E-state index in [9.17, 15) is 9.59 Å². The molecule has 1 atom stereocenters. The SMILES string of the molecule is CCC1CC2(CCNCC2)C(=O)N1C1=CC(=O)OC1. The van der Waals surface area contributed by atoms with Crippen molar-refractivity contribution >= 4 is 11.9 Å². The highest BCUT2D eigenvalue weighted by Crippen LogP contribution is 2.45. The largest absolute Gasteiger partial charge is 0.456 e. The van der Waals surface area contributed by atoms with Crippen LogP contribution < -0.4 is 5.32 Å². The van der Waals surface area contributed by atoms with Crippen molar-refractivity contribution in [2.24, 2.45) is 5.41 Å². The lowest BCUT2D eigenvalue weighted by Crippen LogP contribution is -2.42. The van der Waals surface area contributed by atoms with Crippen LogP contribution in [0, 0.1) is 5.41 Å². The maximum Gasteiger partial charge on any atom is 0.333 e. The molecule has 0 aromatic rings. The summed E-state index contributed by atoms with van der Waals surface area (Å²) in [5, 5.41) is 3.32. The van der Waals surface area contributed by atoms with E-state index in [1.165, 1.54) is 6.08 Å². The third-order valence-electron chi connectivity index (χ3n) is 4.65. The van der Waals surface area contributed by atoms with Gasteiger partial charge in [0.05, 0.1) is 11.1 Å². The number of cyclic esters (lactones) is 1. The number of amides is 1. The Labute approximate surface area is 113 Å². The Morgan fingerprint density at radius 3 is 2.74 bits per heavy atom. The number of piperidine rings is 1. The number of hydrogen-bond acceptors (Lipinski definition) is 4. The number of esters is 1. The average molecular weight is 264 g/mol. The molecule has 3 aliphatic heterocycles. The van der Waals surface area contributed by atoms with Crippen molar-refractivity contribution in [1.29, 1.82) is 0 Å². The molecule has 1 amide bonds. The molecule has 1 N–H and O–H groups in total. The van der Waals surface area contributed by atoms with Crippen molar-refractivity contribution in [3.8, 4) is 0 Å². The molecule has 0 aliphatic carbocycles. The van der Waals surface area contributed by atoms with Crippen LogP contribution in [-0.4, -0.2) is 42.5 Å². The predicted octanol–water partition coefficient (Wildman–Crippen LogP) is 0.808. The smallest absolute Gasteiger partial charge is 0.333 e. The molecule has 1 unspecified atom stereocenters. The monoisotopic (exact) mass is 264 g/mol. The van der Waals surface area contributed by atoms with E-state index in [-0.39, 0.29) is 29.9 Å². The number of likely N-dealkylation sites (tertiary alicyclic amines) is 1. The molecule has 0 bridgehead atoms. The molecule has 3 heterocycles. The molecule has 104 valence electrons. The van der Waals surface area contributed by atoms with Gasteiger partial charge >= 0.3 is 5.97 Å². The third kappa shape index (κ3) is 1.96. The van der Waals surface area contributed by atoms with E-state index in [1.54, 1.807) is 0 Å². The van der Waals surface area contributed by atoms with Crippen LogP contribution in [0.5, 0.6) is 0 Å². The molecular formula is C14H20N2O3. The van der Waals surface area contributed by atoms with Crippen molar-refractivity contribution in [2.45, 2.75) is 38.6 Å². The van der Waals surface area contributed by atoms with Gasteiger partial charge in [0, 0.05) is 12.1 Å². The molecule has 1 spiro atoms. The highest BCUT2D eigenvalue weighted by atomic mass is 16.5. The number of carbonyl (C=O) groups excluding carboxylic acids is 2. The standard InChI is InChI=1S/C14H20N2O3/c1-2-10-8-14(3-5-15-6-4-14)13(18)16(10)11-7-12(17)19-9-11/h7,10,15H,2-6,8-9H2,1H3. The highest BCUT2D eigenvalue weighted by Gasteiger charge is 2.52. The van der Waals surface area contributed by atoms with E-state index in [1.807, 2.05) is 4.90 Å². The molecule has 5 nitrogen and oxygen atoms in total. The van der Waals surface area contributed by atoms with E-state index < -0.39 is 0 Å². The van der Waals surface area contributed by atoms with Gasteiger partial charge in [-0.05, 0) is 38.8 Å². The second-order valence-electron chi connectivity index (χ2n) is 5.72. The van der Waals surface area contributed by atoms with E-state index >= 15 is 0 Å². The lowest BCUT2D eigenvalue weighted by atomic mass is 9.76. The van der Waals surface area contributed by atoms with Gasteiger partial charge in [-0.1, -0.05) is 6.92 Å². The lowest BCUT2D eigenvalue weighted by molar-refractivity contribution is -0.138. The van der Waals surface area contributed by atoms with Crippen LogP contribution in [0.4, 0.5) is 0 Å². The van der Waals surface area contributed by atoms with Gasteiger partial charge in [-0.25, -0.2) is 4.79 Å². The summed E-state index contributed by atoms with van der Waals surface area (Å²) in [5.74, 6) is -0.130. The Kier molecular flexibility index (Phi) is 3.09. The first-order chi connectivity index (χ1) is 9.16. The fraction of sp³-hybridized carbons (Fsp3) is 0.714. The van der Waals surface area contributed by atoms with Gasteiger partial charge in [-0.3, -0.25) is 4.79 Å². The topological polar surface area (TPSA) is 58.6 Å². The fourth-order valence-corrected chi connectivity index (χ4v) is 3.57. The Hall–Kier alpha value is -1.36. The van der Waals surface area contributed by atoms with Crippen molar-refractivity contribution in [3.63, 3.8) is 0 Å². The maximum atomic E-state index is 12.8. The van der Waals surface area contributed by atoms with E-state index in [2.05, 4.69) is 12.2 Å². The number of hydrogen-bond donors (Lipinski definition) is 1. The number of rotatable bonds is 2. The molecule has 0 aromatic carbocycles. The maximum absolute atomic E-state index is 12.8. The Morgan fingerprint density at radius 1 is 1.42 bits per heavy atom. The van der Waals surface area contributed by atoms with Crippen molar-refractivity contribution in [2.75, 3.05) is 19.7 Å². The first-order valence-electron chi connectivity index (χ1n) is 7.08. The molecule has 0 radical (unpaired) electrons. The van der Waals surface area contributed by atoms with Gasteiger partial charge in [0.2, 0.25) is 5.91 Å². The molecule has 0 aromatic heterocycles. The summed E-state index contributed by atoms with van der Waals surface area (Å²) in [7, 11) is 0. The second-order valence-corrected chi connectivity index (χ2v) is 5.72. The summed E-state index contributed by atoms with van der Waals surface area (Å²) < 4.78 is 4.96. The molecule has 5 heteroatoms. The molecular weight excluding hydrogens is 244 g/mol. The Bertz CT molecular complexity index is 438. The first kappa shape index (κ1) is 12.7. The van der Waals surface area contributed by atoms with Crippen molar-refractivity contribution in [3.05, 3.63) is 11.8 Å². The number of carbonyl (C=O) groups is 2. The lowest BCUT2D eigenvalue weighted by Gasteiger charge is -2.32. The van der Waals surface area contributed by atoms with E-state index in [4.69, 9.17) is 4.74 Å². The first-order valence-corrected chi connectivity index (χ1v) is 7.08. The van der Waals surface area contributed by atoms with Crippen molar-refractivity contribution in [1.82, 2.24) is 10.2 Å². The van der Waals surface area contributed by atoms with Gasteiger partial charge in [0.25, 0.3) is 0 Å². The molecule has 3 rings (SSSR count). The normalized spacial score (nSPS) is 29.8. The third-order valence-corrected chi connectivity index (χ3v) is 4.65. The minimum atomic E-state index is -0.330. The highest BCUT2D eigenvalue weighted by molar-refractivity contribution is 5.91. The van der Waals surface area contributed by atoms with Gasteiger partial charge in [-0.2, -0.15) is 0 Å². The van der Waals surface area contributed by atoms with Crippen LogP contribution >= 0.6 is 0 Å². The van der Waals surface area contributed by atoms with Gasteiger partial charge in [0.1, 0.15) is 6.61 Å². The van der Waals surface area contributed by atoms with Gasteiger partial charge in [-0.15, -0.1) is 0 Å². The molecule has 3 aliphatic rings. The predicted molar refractivity (Wildman–Crippen MR) is 69.1 cm³/mol. The molecule has 2 saturated heterocycles. The van der Waals surface area contributed by atoms with E-state index in [0.29, 0.717) is 0 Å². The number of nitrogens with zero attached hydrogens (tertiary/aromatic N) is 1. The zero-order valence-electron chi connectivity index (χ0n) is 11.3. The van der Waals surface area contributed by atoms with Gasteiger partial charge in [0.15, 0.2) is 0 Å². The van der Waals surface area contributed by atoms with Crippen LogP contribution in [0.15, 0.2) is 11.8 Å². The Morgan fingerprint density at radius 2 is 2.16 bits per heavy atom. The zero-order chi connectivity index (χ0) is 13.5. The van der Waals surface area contributed by atoms with Crippen LogP contribution in [-0.2, 0) is 14.3 Å². The quantitative estimate of drug-likeness (QED) is 0.750.